The molecule has 6 heteroatoms. The van der Waals surface area contributed by atoms with Crippen molar-refractivity contribution in [1.82, 2.24) is 4.90 Å². The lowest BCUT2D eigenvalue weighted by Gasteiger charge is -2.53. The van der Waals surface area contributed by atoms with E-state index in [2.05, 4.69) is 37.8 Å². The van der Waals surface area contributed by atoms with Gasteiger partial charge < -0.3 is 14.6 Å². The monoisotopic (exact) mass is 433 g/mol. The second-order valence-electron chi connectivity index (χ2n) is 10.1. The summed E-state index contributed by atoms with van der Waals surface area (Å²) in [6, 6.07) is -0.240. The standard InChI is InChI=1S/C25H39NO5/c1-15-9-10-26(22(11-15)24(28)30-6)14-17(3)20-8-7-18(4)25(29)13-23(31-19(5)27)16(2)12-21(20)25/h9,12,17-18,20-23,29H,7-8,10-11,13-14H2,1-6H3/t17-,18-,20+,21-,22+,23-,25-/m1/s1. The number of ether oxygens (including phenoxy) is 2. The Morgan fingerprint density at radius 3 is 2.68 bits per heavy atom. The number of fused-ring (bicyclic) bond motifs is 1. The summed E-state index contributed by atoms with van der Waals surface area (Å²) in [5.74, 6) is 0.294. The molecule has 0 aromatic carbocycles. The van der Waals surface area contributed by atoms with Gasteiger partial charge in [0.15, 0.2) is 0 Å². The molecule has 0 unspecified atom stereocenters. The Hall–Kier alpha value is -1.66. The fourth-order valence-electron chi connectivity index (χ4n) is 5.99. The van der Waals surface area contributed by atoms with Crippen LogP contribution in [-0.4, -0.2) is 59.9 Å². The van der Waals surface area contributed by atoms with Gasteiger partial charge in [0.2, 0.25) is 0 Å². The van der Waals surface area contributed by atoms with Gasteiger partial charge in [0.25, 0.3) is 0 Å². The van der Waals surface area contributed by atoms with Crippen molar-refractivity contribution in [3.63, 3.8) is 0 Å². The molecule has 7 atom stereocenters. The highest BCUT2D eigenvalue weighted by atomic mass is 16.5. The van der Waals surface area contributed by atoms with Gasteiger partial charge in [-0.1, -0.05) is 31.6 Å². The smallest absolute Gasteiger partial charge is 0.323 e. The highest BCUT2D eigenvalue weighted by Gasteiger charge is 2.53. The fourth-order valence-corrected chi connectivity index (χ4v) is 5.99. The van der Waals surface area contributed by atoms with E-state index in [1.165, 1.54) is 19.6 Å². The molecule has 0 amide bonds. The third kappa shape index (κ3) is 4.90. The van der Waals surface area contributed by atoms with Crippen LogP contribution in [0.5, 0.6) is 0 Å². The van der Waals surface area contributed by atoms with Gasteiger partial charge in [-0.3, -0.25) is 14.5 Å². The number of esters is 2. The van der Waals surface area contributed by atoms with Crippen molar-refractivity contribution in [1.29, 1.82) is 0 Å². The van der Waals surface area contributed by atoms with Crippen molar-refractivity contribution in [2.24, 2.45) is 23.7 Å². The zero-order valence-corrected chi connectivity index (χ0v) is 19.9. The van der Waals surface area contributed by atoms with Gasteiger partial charge in [-0.05, 0) is 56.4 Å². The van der Waals surface area contributed by atoms with Gasteiger partial charge in [-0.2, -0.15) is 0 Å². The molecule has 3 aliphatic rings. The van der Waals surface area contributed by atoms with Crippen molar-refractivity contribution in [2.45, 2.75) is 78.0 Å². The highest BCUT2D eigenvalue weighted by molar-refractivity contribution is 5.76. The lowest BCUT2D eigenvalue weighted by Crippen LogP contribution is -2.56. The molecule has 174 valence electrons. The molecule has 0 spiro atoms. The zero-order valence-electron chi connectivity index (χ0n) is 19.9. The fraction of sp³-hybridized carbons (Fsp3) is 0.760. The number of hydrogen-bond donors (Lipinski definition) is 1. The first-order chi connectivity index (χ1) is 14.6. The van der Waals surface area contributed by atoms with Crippen LogP contribution in [0.25, 0.3) is 0 Å². The summed E-state index contributed by atoms with van der Waals surface area (Å²) in [6.45, 7) is 11.4. The number of nitrogens with zero attached hydrogens (tertiary/aromatic N) is 1. The molecule has 0 aromatic heterocycles. The van der Waals surface area contributed by atoms with Crippen LogP contribution in [0.15, 0.2) is 23.3 Å². The Labute approximate surface area is 186 Å². The van der Waals surface area contributed by atoms with Crippen LogP contribution in [0.1, 0.15) is 60.3 Å². The average Bonchev–Trinajstić information content (AvgIpc) is 2.70. The van der Waals surface area contributed by atoms with E-state index in [9.17, 15) is 14.7 Å². The molecule has 0 saturated heterocycles. The average molecular weight is 434 g/mol. The van der Waals surface area contributed by atoms with Crippen LogP contribution in [0, 0.1) is 23.7 Å². The van der Waals surface area contributed by atoms with E-state index in [0.717, 1.165) is 31.5 Å². The second-order valence-corrected chi connectivity index (χ2v) is 10.1. The van der Waals surface area contributed by atoms with E-state index in [4.69, 9.17) is 9.47 Å². The molecule has 1 N–H and O–H groups in total. The quantitative estimate of drug-likeness (QED) is 0.528. The minimum absolute atomic E-state index is 0.0247. The molecule has 0 aromatic rings. The normalized spacial score (nSPS) is 37.2. The number of rotatable bonds is 5. The molecule has 1 aliphatic heterocycles. The molecule has 31 heavy (non-hydrogen) atoms. The summed E-state index contributed by atoms with van der Waals surface area (Å²) in [5.41, 5.74) is 1.37. The Morgan fingerprint density at radius 2 is 2.03 bits per heavy atom. The number of methoxy groups -OCH3 is 1. The molecule has 3 rings (SSSR count). The molecular weight excluding hydrogens is 394 g/mol. The van der Waals surface area contributed by atoms with E-state index in [0.29, 0.717) is 24.7 Å². The van der Waals surface area contributed by atoms with Gasteiger partial charge >= 0.3 is 11.9 Å². The van der Waals surface area contributed by atoms with Crippen LogP contribution in [0.3, 0.4) is 0 Å². The van der Waals surface area contributed by atoms with Gasteiger partial charge in [0.1, 0.15) is 12.1 Å². The summed E-state index contributed by atoms with van der Waals surface area (Å²) in [7, 11) is 1.45. The topological polar surface area (TPSA) is 76.1 Å². The van der Waals surface area contributed by atoms with Crippen molar-refractivity contribution < 1.29 is 24.2 Å². The van der Waals surface area contributed by atoms with E-state index in [1.807, 2.05) is 6.92 Å². The van der Waals surface area contributed by atoms with Gasteiger partial charge in [0.05, 0.1) is 12.7 Å². The van der Waals surface area contributed by atoms with Crippen LogP contribution in [0.2, 0.25) is 0 Å². The predicted octanol–water partition coefficient (Wildman–Crippen LogP) is 3.49. The minimum Gasteiger partial charge on any atom is -0.468 e. The first-order valence-corrected chi connectivity index (χ1v) is 11.6. The van der Waals surface area contributed by atoms with Gasteiger partial charge in [0, 0.05) is 32.4 Å². The van der Waals surface area contributed by atoms with Crippen molar-refractivity contribution >= 4 is 11.9 Å². The first-order valence-electron chi connectivity index (χ1n) is 11.6. The molecule has 1 saturated carbocycles. The number of aliphatic hydroxyl groups is 1. The molecular formula is C25H39NO5. The maximum absolute atomic E-state index is 12.4. The van der Waals surface area contributed by atoms with Crippen molar-refractivity contribution in [3.8, 4) is 0 Å². The Morgan fingerprint density at radius 1 is 1.32 bits per heavy atom. The molecule has 6 nitrogen and oxygen atoms in total. The number of carbonyl (C=O) groups excluding carboxylic acids is 2. The van der Waals surface area contributed by atoms with Crippen molar-refractivity contribution in [2.75, 3.05) is 20.2 Å². The van der Waals surface area contributed by atoms with Crippen LogP contribution in [-0.2, 0) is 19.1 Å². The molecule has 2 aliphatic carbocycles. The Kier molecular flexibility index (Phi) is 7.32. The molecule has 1 heterocycles. The maximum Gasteiger partial charge on any atom is 0.323 e. The minimum atomic E-state index is -0.878. The summed E-state index contributed by atoms with van der Waals surface area (Å²) in [6.07, 6.45) is 7.16. The first kappa shape index (κ1) is 24.0. The van der Waals surface area contributed by atoms with E-state index in [-0.39, 0.29) is 35.9 Å². The lowest BCUT2D eigenvalue weighted by atomic mass is 9.57. The van der Waals surface area contributed by atoms with Gasteiger partial charge in [-0.15, -0.1) is 0 Å². The molecule has 0 bridgehead atoms. The van der Waals surface area contributed by atoms with Gasteiger partial charge in [-0.25, -0.2) is 0 Å². The molecule has 1 fully saturated rings. The summed E-state index contributed by atoms with van der Waals surface area (Å²) < 4.78 is 10.6. The van der Waals surface area contributed by atoms with Crippen LogP contribution >= 0.6 is 0 Å². The lowest BCUT2D eigenvalue weighted by molar-refractivity contribution is -0.160. The largest absolute Gasteiger partial charge is 0.468 e. The predicted molar refractivity (Wildman–Crippen MR) is 119 cm³/mol. The highest BCUT2D eigenvalue weighted by Crippen LogP contribution is 2.51. The van der Waals surface area contributed by atoms with Crippen molar-refractivity contribution in [3.05, 3.63) is 23.3 Å². The van der Waals surface area contributed by atoms with Crippen LogP contribution in [0.4, 0.5) is 0 Å². The van der Waals surface area contributed by atoms with E-state index >= 15 is 0 Å². The Bertz CT molecular complexity index is 759. The SMILES string of the molecule is COC(=O)[C@@H]1CC(C)=CCN1C[C@@H](C)[C@@H]1CC[C@@H](C)[C@]2(O)C[C@@H](OC(C)=O)C(C)=C[C@H]12. The zero-order chi connectivity index (χ0) is 22.9. The molecule has 0 radical (unpaired) electrons. The summed E-state index contributed by atoms with van der Waals surface area (Å²) in [5, 5.41) is 11.8. The third-order valence-corrected chi connectivity index (χ3v) is 7.95. The number of carbonyl (C=O) groups is 2. The van der Waals surface area contributed by atoms with E-state index < -0.39 is 5.60 Å². The second kappa shape index (κ2) is 9.45. The number of hydrogen-bond acceptors (Lipinski definition) is 6. The maximum atomic E-state index is 12.4. The summed E-state index contributed by atoms with van der Waals surface area (Å²) >= 11 is 0. The summed E-state index contributed by atoms with van der Waals surface area (Å²) in [4.78, 5) is 26.2. The van der Waals surface area contributed by atoms with Crippen LogP contribution < -0.4 is 0 Å². The Balaban J connectivity index is 1.81. The third-order valence-electron chi connectivity index (χ3n) is 7.95. The van der Waals surface area contributed by atoms with E-state index in [1.54, 1.807) is 0 Å².